The molecule has 0 saturated heterocycles. The van der Waals surface area contributed by atoms with Crippen molar-refractivity contribution in [2.45, 2.75) is 37.4 Å². The third-order valence-corrected chi connectivity index (χ3v) is 11.8. The van der Waals surface area contributed by atoms with Crippen LogP contribution in [-0.2, 0) is 4.79 Å². The van der Waals surface area contributed by atoms with Crippen molar-refractivity contribution >= 4 is 33.3 Å². The van der Waals surface area contributed by atoms with Crippen LogP contribution in [0.25, 0.3) is 0 Å². The molecular formula is C15H22OSeSi. The Morgan fingerprint density at radius 2 is 2.00 bits per heavy atom. The molecule has 1 aromatic rings. The molecule has 0 bridgehead atoms. The summed E-state index contributed by atoms with van der Waals surface area (Å²) in [6, 6.07) is 10.4. The molecule has 3 atom stereocenters. The SMILES string of the molecule is [2H][C@@]([Se]c1ccccc1)([C@H]1C[C@@H]1C(C)=O)[Si](C)(C)C. The summed E-state index contributed by atoms with van der Waals surface area (Å²) < 4.78 is 10.0. The Balaban J connectivity index is 2.25. The van der Waals surface area contributed by atoms with Gasteiger partial charge in [0.1, 0.15) is 0 Å². The van der Waals surface area contributed by atoms with Crippen LogP contribution in [0.15, 0.2) is 30.3 Å². The molecule has 0 aromatic heterocycles. The standard InChI is InChI=1S/C15H22OSeSi/c1-11(16)13-10-14(13)15(18(2,3)4)17-12-8-6-5-7-9-12/h5-9,13-15H,10H2,1-4H3/t13-,14+,15+/m1/s1/i15D. The Hall–Kier alpha value is -0.374. The summed E-state index contributed by atoms with van der Waals surface area (Å²) in [5.41, 5.74) is 0. The third-order valence-electron chi connectivity index (χ3n) is 3.36. The average Bonchev–Trinajstić information content (AvgIpc) is 3.08. The van der Waals surface area contributed by atoms with Gasteiger partial charge in [-0.05, 0) is 0 Å². The van der Waals surface area contributed by atoms with E-state index in [2.05, 4.69) is 43.9 Å². The molecule has 0 heterocycles. The molecule has 0 N–H and O–H groups in total. The number of Topliss-reactive ketones (excluding diaryl/α,β-unsaturated/α-hetero) is 1. The summed E-state index contributed by atoms with van der Waals surface area (Å²) in [5.74, 6) is 0.746. The van der Waals surface area contributed by atoms with Crippen LogP contribution < -0.4 is 4.46 Å². The molecule has 1 aliphatic carbocycles. The summed E-state index contributed by atoms with van der Waals surface area (Å²) >= 11 is 0.133. The van der Waals surface area contributed by atoms with Crippen LogP contribution in [0.2, 0.25) is 24.1 Å². The van der Waals surface area contributed by atoms with E-state index in [4.69, 9.17) is 1.37 Å². The molecule has 1 aromatic carbocycles. The van der Waals surface area contributed by atoms with E-state index in [-0.39, 0.29) is 31.1 Å². The van der Waals surface area contributed by atoms with Crippen LogP contribution in [0.4, 0.5) is 0 Å². The number of hydrogen-bond acceptors (Lipinski definition) is 1. The second kappa shape index (κ2) is 5.32. The van der Waals surface area contributed by atoms with E-state index < -0.39 is 8.07 Å². The number of benzene rings is 1. The van der Waals surface area contributed by atoms with Gasteiger partial charge in [0.2, 0.25) is 0 Å². The Labute approximate surface area is 119 Å². The molecule has 0 amide bonds. The molecule has 0 radical (unpaired) electrons. The minimum absolute atomic E-state index is 0.133. The van der Waals surface area contributed by atoms with E-state index in [0.29, 0.717) is 5.92 Å². The zero-order valence-electron chi connectivity index (χ0n) is 12.6. The summed E-state index contributed by atoms with van der Waals surface area (Å²) in [5, 5.41) is 0. The fraction of sp³-hybridized carbons (Fsp3) is 0.533. The normalized spacial score (nSPS) is 27.2. The predicted molar refractivity (Wildman–Crippen MR) is 81.2 cm³/mol. The van der Waals surface area contributed by atoms with E-state index >= 15 is 0 Å². The minimum atomic E-state index is -1.64. The molecule has 1 fully saturated rings. The molecule has 0 spiro atoms. The van der Waals surface area contributed by atoms with Crippen LogP contribution in [0.1, 0.15) is 14.7 Å². The molecule has 98 valence electrons. The van der Waals surface area contributed by atoms with Gasteiger partial charge in [-0.3, -0.25) is 0 Å². The van der Waals surface area contributed by atoms with Gasteiger partial charge in [-0.1, -0.05) is 0 Å². The van der Waals surface area contributed by atoms with Gasteiger partial charge in [-0.2, -0.15) is 0 Å². The molecule has 1 nitrogen and oxygen atoms in total. The maximum absolute atomic E-state index is 11.6. The first-order chi connectivity index (χ1) is 8.75. The fourth-order valence-corrected chi connectivity index (χ4v) is 8.62. The topological polar surface area (TPSA) is 17.1 Å². The molecule has 0 unspecified atom stereocenters. The van der Waals surface area contributed by atoms with Crippen LogP contribution in [0, 0.1) is 11.8 Å². The predicted octanol–water partition coefficient (Wildman–Crippen LogP) is 2.91. The van der Waals surface area contributed by atoms with Crippen molar-refractivity contribution in [2.75, 3.05) is 0 Å². The number of rotatable bonds is 5. The average molecular weight is 326 g/mol. The third kappa shape index (κ3) is 3.34. The van der Waals surface area contributed by atoms with Gasteiger partial charge >= 0.3 is 119 Å². The number of carbonyl (C=O) groups excluding carboxylic acids is 1. The van der Waals surface area contributed by atoms with E-state index in [0.717, 1.165) is 6.42 Å². The van der Waals surface area contributed by atoms with E-state index in [1.54, 1.807) is 6.92 Å². The maximum atomic E-state index is 11.6. The first-order valence-corrected chi connectivity index (χ1v) is 11.7. The zero-order valence-corrected chi connectivity index (χ0v) is 14.3. The Morgan fingerprint density at radius 3 is 2.44 bits per heavy atom. The van der Waals surface area contributed by atoms with Gasteiger partial charge in [0.15, 0.2) is 0 Å². The van der Waals surface area contributed by atoms with Crippen molar-refractivity contribution in [3.8, 4) is 0 Å². The van der Waals surface area contributed by atoms with Crippen molar-refractivity contribution < 1.29 is 6.17 Å². The van der Waals surface area contributed by atoms with Gasteiger partial charge in [0, 0.05) is 0 Å². The van der Waals surface area contributed by atoms with E-state index in [1.165, 1.54) is 4.46 Å². The Bertz CT molecular complexity index is 471. The second-order valence-corrected chi connectivity index (χ2v) is 14.3. The molecule has 1 aliphatic rings. The summed E-state index contributed by atoms with van der Waals surface area (Å²) in [4.78, 5) is 11.6. The zero-order chi connectivity index (χ0) is 14.3. The molecule has 1 saturated carbocycles. The van der Waals surface area contributed by atoms with Crippen molar-refractivity contribution in [3.05, 3.63) is 30.3 Å². The first kappa shape index (κ1) is 12.6. The van der Waals surface area contributed by atoms with Crippen LogP contribution in [0.3, 0.4) is 0 Å². The quantitative estimate of drug-likeness (QED) is 0.761. The van der Waals surface area contributed by atoms with Gasteiger partial charge in [0.25, 0.3) is 0 Å². The Morgan fingerprint density at radius 1 is 1.39 bits per heavy atom. The van der Waals surface area contributed by atoms with Crippen molar-refractivity contribution in [1.82, 2.24) is 0 Å². The van der Waals surface area contributed by atoms with Crippen molar-refractivity contribution in [2.24, 2.45) is 11.8 Å². The Kier molecular flexibility index (Phi) is 3.74. The van der Waals surface area contributed by atoms with Crippen molar-refractivity contribution in [1.29, 1.82) is 0 Å². The van der Waals surface area contributed by atoms with Crippen LogP contribution >= 0.6 is 0 Å². The van der Waals surface area contributed by atoms with E-state index in [1.807, 2.05) is 6.07 Å². The molecule has 18 heavy (non-hydrogen) atoms. The molecule has 3 heteroatoms. The van der Waals surface area contributed by atoms with E-state index in [9.17, 15) is 4.79 Å². The van der Waals surface area contributed by atoms with Crippen molar-refractivity contribution in [3.63, 3.8) is 0 Å². The number of carbonyl (C=O) groups is 1. The van der Waals surface area contributed by atoms with Gasteiger partial charge < -0.3 is 0 Å². The molecule has 0 aliphatic heterocycles. The number of hydrogen-bond donors (Lipinski definition) is 0. The van der Waals surface area contributed by atoms with Gasteiger partial charge in [0.05, 0.1) is 0 Å². The second-order valence-electron chi connectivity index (χ2n) is 6.09. The number of ketones is 1. The monoisotopic (exact) mass is 327 g/mol. The summed E-state index contributed by atoms with van der Waals surface area (Å²) in [6.07, 6.45) is 0.942. The first-order valence-electron chi connectivity index (χ1n) is 7.00. The summed E-state index contributed by atoms with van der Waals surface area (Å²) in [6.45, 7) is 8.52. The summed E-state index contributed by atoms with van der Waals surface area (Å²) in [7, 11) is -1.64. The molecule has 2 rings (SSSR count). The molecular weight excluding hydrogens is 303 g/mol. The van der Waals surface area contributed by atoms with Crippen LogP contribution in [-0.4, -0.2) is 28.8 Å². The van der Waals surface area contributed by atoms with Gasteiger partial charge in [-0.25, -0.2) is 0 Å². The fourth-order valence-electron chi connectivity index (χ4n) is 2.33. The van der Waals surface area contributed by atoms with Gasteiger partial charge in [-0.15, -0.1) is 0 Å². The van der Waals surface area contributed by atoms with Crippen LogP contribution in [0.5, 0.6) is 0 Å².